The van der Waals surface area contributed by atoms with Gasteiger partial charge in [-0.3, -0.25) is 9.59 Å². The van der Waals surface area contributed by atoms with Gasteiger partial charge in [-0.2, -0.15) is 0 Å². The van der Waals surface area contributed by atoms with Crippen LogP contribution in [0.4, 0.5) is 0 Å². The molecule has 1 aromatic rings. The van der Waals surface area contributed by atoms with Gasteiger partial charge in [-0.15, -0.1) is 0 Å². The number of hydrogen-bond donors (Lipinski definition) is 1. The highest BCUT2D eigenvalue weighted by molar-refractivity contribution is 9.10. The zero-order chi connectivity index (χ0) is 15.4. The van der Waals surface area contributed by atoms with Crippen molar-refractivity contribution in [2.45, 2.75) is 51.6 Å². The number of aromatic nitrogens is 1. The molecule has 0 radical (unpaired) electrons. The van der Waals surface area contributed by atoms with Crippen LogP contribution in [-0.4, -0.2) is 39.0 Å². The molecule has 0 aliphatic carbocycles. The summed E-state index contributed by atoms with van der Waals surface area (Å²) in [5.41, 5.74) is 0.673. The molecule has 6 heteroatoms. The first-order valence-electron chi connectivity index (χ1n) is 7.41. The summed E-state index contributed by atoms with van der Waals surface area (Å²) < 4.78 is 2.82. The van der Waals surface area contributed by atoms with Gasteiger partial charge in [0, 0.05) is 36.2 Å². The van der Waals surface area contributed by atoms with Gasteiger partial charge in [0.1, 0.15) is 5.69 Å². The fourth-order valence-corrected chi connectivity index (χ4v) is 3.38. The van der Waals surface area contributed by atoms with Crippen molar-refractivity contribution in [3.05, 3.63) is 22.4 Å². The van der Waals surface area contributed by atoms with Gasteiger partial charge in [0.05, 0.1) is 0 Å². The molecule has 5 nitrogen and oxygen atoms in total. The highest BCUT2D eigenvalue weighted by Gasteiger charge is 2.29. The number of hydrogen-bond acceptors (Lipinski definition) is 2. The summed E-state index contributed by atoms with van der Waals surface area (Å²) in [6.07, 6.45) is 5.51. The number of aliphatic carboxylic acids is 1. The molecule has 1 aliphatic heterocycles. The van der Waals surface area contributed by atoms with Gasteiger partial charge in [-0.25, -0.2) is 0 Å². The lowest BCUT2D eigenvalue weighted by Gasteiger charge is -2.35. The van der Waals surface area contributed by atoms with Crippen LogP contribution >= 0.6 is 15.9 Å². The van der Waals surface area contributed by atoms with Crippen LogP contribution in [0.25, 0.3) is 0 Å². The van der Waals surface area contributed by atoms with Crippen molar-refractivity contribution in [2.24, 2.45) is 0 Å². The van der Waals surface area contributed by atoms with E-state index in [-0.39, 0.29) is 18.4 Å². The molecule has 2 heterocycles. The van der Waals surface area contributed by atoms with Crippen LogP contribution < -0.4 is 0 Å². The molecule has 1 N–H and O–H groups in total. The fourth-order valence-electron chi connectivity index (χ4n) is 2.92. The first kappa shape index (κ1) is 16.1. The number of nitrogens with zero attached hydrogens (tertiary/aromatic N) is 2. The molecule has 2 rings (SSSR count). The molecule has 0 aromatic carbocycles. The molecule has 1 aromatic heterocycles. The molecular formula is C15H21BrN2O3. The Hall–Kier alpha value is -1.30. The maximum Gasteiger partial charge on any atom is 0.303 e. The third kappa shape index (κ3) is 3.87. The molecule has 0 bridgehead atoms. The number of carbonyl (C=O) groups is 2. The van der Waals surface area contributed by atoms with Gasteiger partial charge in [-0.1, -0.05) is 0 Å². The molecule has 116 valence electrons. The first-order valence-corrected chi connectivity index (χ1v) is 8.20. The molecule has 0 saturated carbocycles. The normalized spacial score (nSPS) is 18.8. The monoisotopic (exact) mass is 356 g/mol. The number of carboxylic acid groups (broad SMARTS) is 1. The Labute approximate surface area is 133 Å². The molecule has 1 atom stereocenters. The van der Waals surface area contributed by atoms with Crippen LogP contribution in [0.1, 0.15) is 49.5 Å². The maximum atomic E-state index is 12.8. The average molecular weight is 357 g/mol. The van der Waals surface area contributed by atoms with E-state index in [1.165, 1.54) is 0 Å². The Morgan fingerprint density at radius 3 is 2.86 bits per heavy atom. The number of aryl methyl sites for hydroxylation is 1. The number of carboxylic acids is 1. The standard InChI is InChI=1S/C15H21BrN2O3/c1-2-17-10-11(16)9-13(17)15(21)18-8-4-3-5-12(18)6-7-14(19)20/h9-10,12H,2-8H2,1H3,(H,19,20)/t12-/m1/s1. The van der Waals surface area contributed by atoms with Gasteiger partial charge in [0.15, 0.2) is 0 Å². The maximum absolute atomic E-state index is 12.8. The molecule has 21 heavy (non-hydrogen) atoms. The van der Waals surface area contributed by atoms with Gasteiger partial charge in [0.2, 0.25) is 0 Å². The van der Waals surface area contributed by atoms with E-state index in [9.17, 15) is 9.59 Å². The smallest absolute Gasteiger partial charge is 0.303 e. The molecule has 1 aliphatic rings. The van der Waals surface area contributed by atoms with E-state index in [1.807, 2.05) is 28.7 Å². The number of rotatable bonds is 5. The minimum Gasteiger partial charge on any atom is -0.481 e. The van der Waals surface area contributed by atoms with Crippen LogP contribution in [0.5, 0.6) is 0 Å². The van der Waals surface area contributed by atoms with Gasteiger partial charge >= 0.3 is 5.97 Å². The predicted molar refractivity (Wildman–Crippen MR) is 83.4 cm³/mol. The lowest BCUT2D eigenvalue weighted by atomic mass is 9.97. The highest BCUT2D eigenvalue weighted by atomic mass is 79.9. The zero-order valence-corrected chi connectivity index (χ0v) is 13.8. The Morgan fingerprint density at radius 2 is 2.19 bits per heavy atom. The van der Waals surface area contributed by atoms with Crippen molar-refractivity contribution in [1.82, 2.24) is 9.47 Å². The second-order valence-electron chi connectivity index (χ2n) is 5.41. The van der Waals surface area contributed by atoms with Crippen molar-refractivity contribution in [1.29, 1.82) is 0 Å². The van der Waals surface area contributed by atoms with Crippen molar-refractivity contribution in [3.63, 3.8) is 0 Å². The number of amides is 1. The molecule has 0 spiro atoms. The number of carbonyl (C=O) groups excluding carboxylic acids is 1. The summed E-state index contributed by atoms with van der Waals surface area (Å²) >= 11 is 3.41. The molecule has 1 amide bonds. The summed E-state index contributed by atoms with van der Waals surface area (Å²) in [6.45, 7) is 3.46. The quantitative estimate of drug-likeness (QED) is 0.881. The van der Waals surface area contributed by atoms with Crippen LogP contribution in [0.15, 0.2) is 16.7 Å². The summed E-state index contributed by atoms with van der Waals surface area (Å²) in [4.78, 5) is 25.4. The van der Waals surface area contributed by atoms with Crippen molar-refractivity contribution >= 4 is 27.8 Å². The Balaban J connectivity index is 2.15. The van der Waals surface area contributed by atoms with E-state index in [1.54, 1.807) is 0 Å². The van der Waals surface area contributed by atoms with Crippen LogP contribution in [0.2, 0.25) is 0 Å². The second kappa shape index (κ2) is 7.11. The zero-order valence-electron chi connectivity index (χ0n) is 12.2. The van der Waals surface area contributed by atoms with E-state index in [0.29, 0.717) is 12.1 Å². The van der Waals surface area contributed by atoms with Crippen LogP contribution in [0.3, 0.4) is 0 Å². The minimum absolute atomic E-state index is 0.0117. The average Bonchev–Trinajstić information content (AvgIpc) is 2.85. The van der Waals surface area contributed by atoms with Crippen molar-refractivity contribution < 1.29 is 14.7 Å². The van der Waals surface area contributed by atoms with Gasteiger partial charge in [-0.05, 0) is 54.6 Å². The van der Waals surface area contributed by atoms with Crippen LogP contribution in [0, 0.1) is 0 Å². The third-order valence-corrected chi connectivity index (χ3v) is 4.44. The molecule has 0 unspecified atom stereocenters. The van der Waals surface area contributed by atoms with Crippen LogP contribution in [-0.2, 0) is 11.3 Å². The van der Waals surface area contributed by atoms with E-state index in [0.717, 1.165) is 36.8 Å². The highest BCUT2D eigenvalue weighted by Crippen LogP contribution is 2.25. The lowest BCUT2D eigenvalue weighted by molar-refractivity contribution is -0.137. The Kier molecular flexibility index (Phi) is 5.45. The lowest BCUT2D eigenvalue weighted by Crippen LogP contribution is -2.44. The fraction of sp³-hybridized carbons (Fsp3) is 0.600. The van der Waals surface area contributed by atoms with Gasteiger partial charge in [0.25, 0.3) is 5.91 Å². The topological polar surface area (TPSA) is 62.5 Å². The Morgan fingerprint density at radius 1 is 1.43 bits per heavy atom. The molecule has 1 fully saturated rings. The van der Waals surface area contributed by atoms with Gasteiger partial charge < -0.3 is 14.6 Å². The number of piperidine rings is 1. The largest absolute Gasteiger partial charge is 0.481 e. The Bertz CT molecular complexity index is 527. The summed E-state index contributed by atoms with van der Waals surface area (Å²) in [5, 5.41) is 8.86. The van der Waals surface area contributed by atoms with E-state index in [4.69, 9.17) is 5.11 Å². The molecular weight excluding hydrogens is 336 g/mol. The molecule has 1 saturated heterocycles. The first-order chi connectivity index (χ1) is 10.0. The third-order valence-electron chi connectivity index (χ3n) is 4.00. The summed E-state index contributed by atoms with van der Waals surface area (Å²) in [7, 11) is 0. The van der Waals surface area contributed by atoms with E-state index < -0.39 is 5.97 Å². The number of halogens is 1. The predicted octanol–water partition coefficient (Wildman–Crippen LogP) is 3.13. The second-order valence-corrected chi connectivity index (χ2v) is 6.33. The summed E-state index contributed by atoms with van der Waals surface area (Å²) in [5.74, 6) is -0.787. The number of likely N-dealkylation sites (tertiary alicyclic amines) is 1. The SMILES string of the molecule is CCn1cc(Br)cc1C(=O)N1CCCC[C@@H]1CCC(=O)O. The van der Waals surface area contributed by atoms with Crippen molar-refractivity contribution in [2.75, 3.05) is 6.54 Å². The van der Waals surface area contributed by atoms with E-state index in [2.05, 4.69) is 15.9 Å². The van der Waals surface area contributed by atoms with Crippen molar-refractivity contribution in [3.8, 4) is 0 Å². The minimum atomic E-state index is -0.798. The summed E-state index contributed by atoms with van der Waals surface area (Å²) in [6, 6.07) is 1.88. The van der Waals surface area contributed by atoms with E-state index >= 15 is 0 Å².